The number of hydrogen-bond donors (Lipinski definition) is 0. The summed E-state index contributed by atoms with van der Waals surface area (Å²) in [7, 11) is 1.46. The molecule has 2 aromatic rings. The predicted octanol–water partition coefficient (Wildman–Crippen LogP) is 2.30. The minimum atomic E-state index is -3.31. The van der Waals surface area contributed by atoms with Crippen LogP contribution < -0.4 is 18.7 Å². The number of sulfonamides is 1. The van der Waals surface area contributed by atoms with E-state index >= 15 is 0 Å². The van der Waals surface area contributed by atoms with E-state index in [-0.39, 0.29) is 5.91 Å². The van der Waals surface area contributed by atoms with E-state index in [4.69, 9.17) is 9.47 Å². The number of ether oxygens (including phenoxy) is 2. The molecule has 0 bridgehead atoms. The van der Waals surface area contributed by atoms with Gasteiger partial charge in [-0.1, -0.05) is 0 Å². The molecule has 1 aliphatic heterocycles. The van der Waals surface area contributed by atoms with E-state index in [1.807, 2.05) is 0 Å². The molecule has 0 fully saturated rings. The summed E-state index contributed by atoms with van der Waals surface area (Å²) in [4.78, 5) is 14.4. The Hall–Kier alpha value is -2.74. The van der Waals surface area contributed by atoms with Crippen LogP contribution in [0.5, 0.6) is 11.5 Å². The first-order valence-corrected chi connectivity index (χ1v) is 10.2. The lowest BCUT2D eigenvalue weighted by atomic mass is 10.1. The van der Waals surface area contributed by atoms with E-state index in [1.165, 1.54) is 22.6 Å². The Labute approximate surface area is 159 Å². The van der Waals surface area contributed by atoms with Crippen molar-refractivity contribution in [3.8, 4) is 11.5 Å². The summed E-state index contributed by atoms with van der Waals surface area (Å²) >= 11 is 0. The number of hydrogen-bond acceptors (Lipinski definition) is 5. The van der Waals surface area contributed by atoms with Crippen molar-refractivity contribution < 1.29 is 22.7 Å². The number of anilines is 2. The fourth-order valence-electron chi connectivity index (χ4n) is 3.19. The van der Waals surface area contributed by atoms with E-state index in [2.05, 4.69) is 0 Å². The minimum Gasteiger partial charge on any atom is -0.493 e. The molecule has 0 saturated heterocycles. The molecule has 0 spiro atoms. The average molecular weight is 390 g/mol. The summed E-state index contributed by atoms with van der Waals surface area (Å²) in [6, 6.07) is 10.4. The second kappa shape index (κ2) is 7.11. The van der Waals surface area contributed by atoms with Crippen molar-refractivity contribution in [1.82, 2.24) is 0 Å². The van der Waals surface area contributed by atoms with E-state index in [1.54, 1.807) is 50.6 Å². The standard InChI is InChI=1S/C19H22N2O5S/c1-20(15-6-8-17(25-2)18(12-15)26-3)19(22)14-5-7-16-13(11-14)9-10-21(16)27(4,23)24/h5-8,11-12H,9-10H2,1-4H3. The Kier molecular flexibility index (Phi) is 5.01. The van der Waals surface area contributed by atoms with Gasteiger partial charge in [0.15, 0.2) is 11.5 Å². The molecule has 1 aliphatic rings. The van der Waals surface area contributed by atoms with Gasteiger partial charge >= 0.3 is 0 Å². The summed E-state index contributed by atoms with van der Waals surface area (Å²) in [5.74, 6) is 0.927. The molecule has 2 aromatic carbocycles. The van der Waals surface area contributed by atoms with E-state index < -0.39 is 10.0 Å². The van der Waals surface area contributed by atoms with Crippen molar-refractivity contribution in [3.63, 3.8) is 0 Å². The van der Waals surface area contributed by atoms with Crippen molar-refractivity contribution in [2.24, 2.45) is 0 Å². The van der Waals surface area contributed by atoms with E-state index in [0.717, 1.165) is 5.56 Å². The Morgan fingerprint density at radius 3 is 2.41 bits per heavy atom. The minimum absolute atomic E-state index is 0.192. The number of rotatable bonds is 5. The van der Waals surface area contributed by atoms with Crippen LogP contribution in [-0.4, -0.2) is 48.4 Å². The van der Waals surface area contributed by atoms with Crippen LogP contribution in [0.25, 0.3) is 0 Å². The van der Waals surface area contributed by atoms with Crippen LogP contribution in [0.4, 0.5) is 11.4 Å². The van der Waals surface area contributed by atoms with Crippen LogP contribution in [0.15, 0.2) is 36.4 Å². The molecule has 0 atom stereocenters. The average Bonchev–Trinajstić information content (AvgIpc) is 3.09. The molecule has 0 aromatic heterocycles. The van der Waals surface area contributed by atoms with E-state index in [9.17, 15) is 13.2 Å². The van der Waals surface area contributed by atoms with Crippen LogP contribution in [-0.2, 0) is 16.4 Å². The molecule has 1 amide bonds. The van der Waals surface area contributed by atoms with Gasteiger partial charge in [-0.05, 0) is 42.3 Å². The predicted molar refractivity (Wildman–Crippen MR) is 105 cm³/mol. The fourth-order valence-corrected chi connectivity index (χ4v) is 4.15. The summed E-state index contributed by atoms with van der Waals surface area (Å²) in [6.45, 7) is 0.400. The van der Waals surface area contributed by atoms with Gasteiger partial charge in [-0.25, -0.2) is 8.42 Å². The summed E-state index contributed by atoms with van der Waals surface area (Å²) < 4.78 is 35.6. The molecule has 0 N–H and O–H groups in total. The third kappa shape index (κ3) is 3.57. The molecule has 144 valence electrons. The Morgan fingerprint density at radius 1 is 1.07 bits per heavy atom. The van der Waals surface area contributed by atoms with Gasteiger partial charge in [0.05, 0.1) is 26.2 Å². The monoisotopic (exact) mass is 390 g/mol. The van der Waals surface area contributed by atoms with Crippen LogP contribution in [0, 0.1) is 0 Å². The Balaban J connectivity index is 1.89. The third-order valence-corrected chi connectivity index (χ3v) is 5.82. The second-order valence-electron chi connectivity index (χ2n) is 6.33. The normalized spacial score (nSPS) is 13.3. The highest BCUT2D eigenvalue weighted by Gasteiger charge is 2.27. The molecule has 0 radical (unpaired) electrons. The highest BCUT2D eigenvalue weighted by atomic mass is 32.2. The molecule has 0 saturated carbocycles. The topological polar surface area (TPSA) is 76.2 Å². The quantitative estimate of drug-likeness (QED) is 0.783. The van der Waals surface area contributed by atoms with Gasteiger partial charge in [0.25, 0.3) is 5.91 Å². The summed E-state index contributed by atoms with van der Waals surface area (Å²) in [5, 5.41) is 0. The molecule has 1 heterocycles. The van der Waals surface area contributed by atoms with Gasteiger partial charge in [-0.2, -0.15) is 0 Å². The maximum Gasteiger partial charge on any atom is 0.258 e. The first-order chi connectivity index (χ1) is 12.8. The van der Waals surface area contributed by atoms with Crippen LogP contribution >= 0.6 is 0 Å². The zero-order valence-electron chi connectivity index (χ0n) is 15.7. The SMILES string of the molecule is COc1ccc(N(C)C(=O)c2ccc3c(c2)CCN3S(C)(=O)=O)cc1OC. The molecule has 7 nitrogen and oxygen atoms in total. The van der Waals surface area contributed by atoms with Gasteiger partial charge in [-0.3, -0.25) is 9.10 Å². The number of carbonyl (C=O) groups excluding carboxylic acids is 1. The molecule has 8 heteroatoms. The van der Waals surface area contributed by atoms with Crippen molar-refractivity contribution in [3.05, 3.63) is 47.5 Å². The zero-order chi connectivity index (χ0) is 19.8. The molecule has 0 unspecified atom stereocenters. The van der Waals surface area contributed by atoms with Gasteiger partial charge < -0.3 is 14.4 Å². The lowest BCUT2D eigenvalue weighted by Gasteiger charge is -2.20. The number of benzene rings is 2. The van der Waals surface area contributed by atoms with Crippen molar-refractivity contribution in [2.45, 2.75) is 6.42 Å². The summed E-state index contributed by atoms with van der Waals surface area (Å²) in [5.41, 5.74) is 2.66. The van der Waals surface area contributed by atoms with Gasteiger partial charge in [-0.15, -0.1) is 0 Å². The number of nitrogens with zero attached hydrogens (tertiary/aromatic N) is 2. The lowest BCUT2D eigenvalue weighted by Crippen LogP contribution is -2.28. The van der Waals surface area contributed by atoms with Crippen LogP contribution in [0.2, 0.25) is 0 Å². The maximum atomic E-state index is 12.9. The highest BCUT2D eigenvalue weighted by Crippen LogP contribution is 2.33. The largest absolute Gasteiger partial charge is 0.493 e. The lowest BCUT2D eigenvalue weighted by molar-refractivity contribution is 0.0993. The summed E-state index contributed by atoms with van der Waals surface area (Å²) in [6.07, 6.45) is 1.77. The first kappa shape index (κ1) is 19.0. The second-order valence-corrected chi connectivity index (χ2v) is 8.24. The number of fused-ring (bicyclic) bond motifs is 1. The Morgan fingerprint density at radius 2 is 1.78 bits per heavy atom. The Bertz CT molecular complexity index is 988. The van der Waals surface area contributed by atoms with Gasteiger partial charge in [0, 0.05) is 30.9 Å². The molecular formula is C19H22N2O5S. The smallest absolute Gasteiger partial charge is 0.258 e. The molecule has 0 aliphatic carbocycles. The van der Waals surface area contributed by atoms with E-state index in [0.29, 0.717) is 41.4 Å². The fraction of sp³-hybridized carbons (Fsp3) is 0.316. The molecule has 27 heavy (non-hydrogen) atoms. The maximum absolute atomic E-state index is 12.9. The number of methoxy groups -OCH3 is 2. The molecular weight excluding hydrogens is 368 g/mol. The third-order valence-electron chi connectivity index (χ3n) is 4.64. The van der Waals surface area contributed by atoms with Crippen molar-refractivity contribution in [1.29, 1.82) is 0 Å². The van der Waals surface area contributed by atoms with Crippen molar-refractivity contribution >= 4 is 27.3 Å². The van der Waals surface area contributed by atoms with Gasteiger partial charge in [0.2, 0.25) is 10.0 Å². The molecule has 3 rings (SSSR count). The zero-order valence-corrected chi connectivity index (χ0v) is 16.5. The first-order valence-electron chi connectivity index (χ1n) is 8.37. The van der Waals surface area contributed by atoms with Crippen LogP contribution in [0.3, 0.4) is 0 Å². The number of amides is 1. The van der Waals surface area contributed by atoms with Crippen LogP contribution in [0.1, 0.15) is 15.9 Å². The van der Waals surface area contributed by atoms with Crippen molar-refractivity contribution in [2.75, 3.05) is 43.3 Å². The number of carbonyl (C=O) groups is 1. The van der Waals surface area contributed by atoms with Gasteiger partial charge in [0.1, 0.15) is 0 Å². The highest BCUT2D eigenvalue weighted by molar-refractivity contribution is 7.92.